The molecule has 214 valence electrons. The van der Waals surface area contributed by atoms with Gasteiger partial charge in [-0.1, -0.05) is 24.3 Å². The molecule has 0 amide bonds. The Balaban J connectivity index is 1.35. The maximum Gasteiger partial charge on any atom is 0.337 e. The molecule has 11 nitrogen and oxygen atoms in total. The monoisotopic (exact) mass is 561 g/mol. The molecule has 1 saturated heterocycles. The summed E-state index contributed by atoms with van der Waals surface area (Å²) in [7, 11) is 1.15. The van der Waals surface area contributed by atoms with Crippen LogP contribution < -0.4 is 10.1 Å². The summed E-state index contributed by atoms with van der Waals surface area (Å²) in [5.74, 6) is -1.84. The Hall–Kier alpha value is -4.69. The van der Waals surface area contributed by atoms with E-state index in [4.69, 9.17) is 18.9 Å². The standard InChI is InChI=1S/C30H31N3O8/c1-19-26(27(21-7-6-8-22(16-21)33(36)37)28(29(34)38-2)25(17-31)32-19)30(35)40-14-5-3-4-13-39-23-11-9-20(10-12-23)15-24-18-41-24/h6-12,16,24,27,32H,3-5,13-15,18H2,1-2H3. The van der Waals surface area contributed by atoms with Crippen molar-refractivity contribution >= 4 is 17.6 Å². The summed E-state index contributed by atoms with van der Waals surface area (Å²) >= 11 is 0. The molecule has 0 radical (unpaired) electrons. The lowest BCUT2D eigenvalue weighted by molar-refractivity contribution is -0.384. The van der Waals surface area contributed by atoms with Crippen LogP contribution >= 0.6 is 0 Å². The maximum absolute atomic E-state index is 13.3. The van der Waals surface area contributed by atoms with E-state index in [1.165, 1.54) is 23.8 Å². The molecule has 0 saturated carbocycles. The van der Waals surface area contributed by atoms with E-state index >= 15 is 0 Å². The van der Waals surface area contributed by atoms with Crippen molar-refractivity contribution in [3.63, 3.8) is 0 Å². The van der Waals surface area contributed by atoms with Crippen molar-refractivity contribution in [1.29, 1.82) is 5.26 Å². The molecule has 0 aliphatic carbocycles. The number of epoxide rings is 1. The Kier molecular flexibility index (Phi) is 9.71. The lowest BCUT2D eigenvalue weighted by Crippen LogP contribution is -2.32. The van der Waals surface area contributed by atoms with Crippen LogP contribution in [0.25, 0.3) is 0 Å². The van der Waals surface area contributed by atoms with Gasteiger partial charge in [0.15, 0.2) is 0 Å². The predicted molar refractivity (Wildman–Crippen MR) is 147 cm³/mol. The van der Waals surface area contributed by atoms with E-state index in [1.54, 1.807) is 13.0 Å². The number of esters is 2. The topological polar surface area (TPSA) is 153 Å². The van der Waals surface area contributed by atoms with Gasteiger partial charge in [-0.2, -0.15) is 5.26 Å². The molecule has 2 aliphatic heterocycles. The molecule has 0 aromatic heterocycles. The van der Waals surface area contributed by atoms with E-state index in [9.17, 15) is 25.0 Å². The fourth-order valence-electron chi connectivity index (χ4n) is 4.65. The molecule has 2 unspecified atom stereocenters. The van der Waals surface area contributed by atoms with Gasteiger partial charge in [-0.15, -0.1) is 0 Å². The molecule has 1 N–H and O–H groups in total. The number of non-ortho nitro benzene ring substituents is 1. The van der Waals surface area contributed by atoms with Gasteiger partial charge in [0.2, 0.25) is 0 Å². The van der Waals surface area contributed by atoms with Crippen LogP contribution in [0.15, 0.2) is 71.1 Å². The largest absolute Gasteiger partial charge is 0.494 e. The van der Waals surface area contributed by atoms with Gasteiger partial charge in [0.1, 0.15) is 17.5 Å². The fourth-order valence-corrected chi connectivity index (χ4v) is 4.65. The van der Waals surface area contributed by atoms with Gasteiger partial charge in [-0.05, 0) is 49.4 Å². The summed E-state index contributed by atoms with van der Waals surface area (Å²) in [4.78, 5) is 36.9. The van der Waals surface area contributed by atoms with Crippen LogP contribution in [-0.4, -0.2) is 49.9 Å². The molecule has 0 bridgehead atoms. The van der Waals surface area contributed by atoms with E-state index in [1.807, 2.05) is 30.3 Å². The summed E-state index contributed by atoms with van der Waals surface area (Å²) in [5, 5.41) is 23.9. The van der Waals surface area contributed by atoms with Crippen LogP contribution in [0.1, 0.15) is 43.2 Å². The first-order valence-electron chi connectivity index (χ1n) is 13.3. The Morgan fingerprint density at radius 3 is 2.49 bits per heavy atom. The minimum absolute atomic E-state index is 0.0740. The zero-order valence-electron chi connectivity index (χ0n) is 22.9. The summed E-state index contributed by atoms with van der Waals surface area (Å²) in [6.07, 6.45) is 3.35. The summed E-state index contributed by atoms with van der Waals surface area (Å²) in [6, 6.07) is 15.5. The van der Waals surface area contributed by atoms with Crippen LogP contribution in [0.4, 0.5) is 5.69 Å². The number of nitrogens with one attached hydrogen (secondary N) is 1. The third-order valence-electron chi connectivity index (χ3n) is 6.79. The first-order chi connectivity index (χ1) is 19.8. The van der Waals surface area contributed by atoms with Crippen molar-refractivity contribution in [2.75, 3.05) is 26.9 Å². The fraction of sp³-hybridized carbons (Fsp3) is 0.367. The van der Waals surface area contributed by atoms with Crippen LogP contribution in [-0.2, 0) is 30.2 Å². The van der Waals surface area contributed by atoms with Crippen molar-refractivity contribution in [2.24, 2.45) is 0 Å². The highest BCUT2D eigenvalue weighted by molar-refractivity contribution is 6.00. The number of nitriles is 1. The second kappa shape index (κ2) is 13.6. The number of nitrogens with zero attached hydrogens (tertiary/aromatic N) is 2. The number of nitro benzene ring substituents is 1. The molecule has 2 atom stereocenters. The number of ether oxygens (including phenoxy) is 4. The van der Waals surface area contributed by atoms with Crippen LogP contribution in [0, 0.1) is 21.4 Å². The molecule has 2 aliphatic rings. The minimum Gasteiger partial charge on any atom is -0.494 e. The molecule has 2 aromatic carbocycles. The number of allylic oxidation sites excluding steroid dienone is 2. The number of nitro groups is 1. The van der Waals surface area contributed by atoms with Gasteiger partial charge < -0.3 is 24.3 Å². The quantitative estimate of drug-likeness (QED) is 0.123. The summed E-state index contributed by atoms with van der Waals surface area (Å²) < 4.78 is 21.5. The number of methoxy groups -OCH3 is 1. The summed E-state index contributed by atoms with van der Waals surface area (Å²) in [5.41, 5.74) is 1.43. The van der Waals surface area contributed by atoms with Crippen molar-refractivity contribution in [3.8, 4) is 11.8 Å². The minimum atomic E-state index is -1.10. The number of hydrogen-bond acceptors (Lipinski definition) is 10. The number of dihydropyridines is 1. The smallest absolute Gasteiger partial charge is 0.337 e. The van der Waals surface area contributed by atoms with E-state index in [0.29, 0.717) is 24.8 Å². The van der Waals surface area contributed by atoms with Crippen LogP contribution in [0.5, 0.6) is 5.75 Å². The zero-order chi connectivity index (χ0) is 29.4. The number of carbonyl (C=O) groups is 2. The van der Waals surface area contributed by atoms with Crippen molar-refractivity contribution in [3.05, 3.63) is 92.3 Å². The van der Waals surface area contributed by atoms with Gasteiger partial charge in [-0.25, -0.2) is 9.59 Å². The van der Waals surface area contributed by atoms with Gasteiger partial charge in [0.25, 0.3) is 5.69 Å². The normalized spacial score (nSPS) is 17.8. The van der Waals surface area contributed by atoms with Crippen molar-refractivity contribution in [1.82, 2.24) is 5.32 Å². The summed E-state index contributed by atoms with van der Waals surface area (Å²) in [6.45, 7) is 3.05. The Bertz CT molecular complexity index is 1400. The molecule has 2 heterocycles. The SMILES string of the molecule is COC(=O)C1=C(C#N)NC(C)=C(C(=O)OCCCCCOc2ccc(CC3CO3)cc2)C1c1cccc([N+](=O)[O-])c1. The predicted octanol–water partition coefficient (Wildman–Crippen LogP) is 4.24. The molecule has 1 fully saturated rings. The maximum atomic E-state index is 13.3. The van der Waals surface area contributed by atoms with Crippen molar-refractivity contribution in [2.45, 2.75) is 44.6 Å². The van der Waals surface area contributed by atoms with Gasteiger partial charge in [0.05, 0.1) is 55.0 Å². The van der Waals surface area contributed by atoms with E-state index in [-0.39, 0.29) is 34.7 Å². The lowest BCUT2D eigenvalue weighted by Gasteiger charge is -2.29. The van der Waals surface area contributed by atoms with E-state index in [2.05, 4.69) is 5.32 Å². The highest BCUT2D eigenvalue weighted by Gasteiger charge is 2.39. The average Bonchev–Trinajstić information content (AvgIpc) is 3.80. The van der Waals surface area contributed by atoms with Gasteiger partial charge in [-0.3, -0.25) is 10.1 Å². The average molecular weight is 562 g/mol. The lowest BCUT2D eigenvalue weighted by atomic mass is 9.80. The van der Waals surface area contributed by atoms with Crippen LogP contribution in [0.3, 0.4) is 0 Å². The molecule has 2 aromatic rings. The molecular formula is C30H31N3O8. The van der Waals surface area contributed by atoms with E-state index < -0.39 is 22.8 Å². The Labute approximate surface area is 237 Å². The van der Waals surface area contributed by atoms with Gasteiger partial charge in [0, 0.05) is 24.3 Å². The molecule has 4 rings (SSSR count). The molecular weight excluding hydrogens is 530 g/mol. The second-order valence-electron chi connectivity index (χ2n) is 9.69. The highest BCUT2D eigenvalue weighted by atomic mass is 16.6. The first-order valence-corrected chi connectivity index (χ1v) is 13.3. The Morgan fingerprint density at radius 2 is 1.83 bits per heavy atom. The van der Waals surface area contributed by atoms with Gasteiger partial charge >= 0.3 is 11.9 Å². The number of unbranched alkanes of at least 4 members (excludes halogenated alkanes) is 2. The highest BCUT2D eigenvalue weighted by Crippen LogP contribution is 2.40. The molecule has 41 heavy (non-hydrogen) atoms. The number of carbonyl (C=O) groups excluding carboxylic acids is 2. The zero-order valence-corrected chi connectivity index (χ0v) is 22.9. The van der Waals surface area contributed by atoms with E-state index in [0.717, 1.165) is 38.7 Å². The third kappa shape index (κ3) is 7.49. The number of benzene rings is 2. The van der Waals surface area contributed by atoms with Crippen LogP contribution in [0.2, 0.25) is 0 Å². The third-order valence-corrected chi connectivity index (χ3v) is 6.79. The molecule has 0 spiro atoms. The molecule has 11 heteroatoms. The van der Waals surface area contributed by atoms with Crippen molar-refractivity contribution < 1.29 is 33.5 Å². The number of hydrogen-bond donors (Lipinski definition) is 1. The first kappa shape index (κ1) is 29.3. The second-order valence-corrected chi connectivity index (χ2v) is 9.69. The Morgan fingerprint density at radius 1 is 1.10 bits per heavy atom. The number of rotatable bonds is 13.